The fourth-order valence-corrected chi connectivity index (χ4v) is 2.45. The second kappa shape index (κ2) is 5.63. The minimum Gasteiger partial charge on any atom is -0.497 e. The SMILES string of the molecule is COc1ccc(C(Cl)C2COc3ccccc3O2)cc1. The molecule has 104 valence electrons. The van der Waals surface area contributed by atoms with Crippen molar-refractivity contribution in [3.63, 3.8) is 0 Å². The summed E-state index contributed by atoms with van der Waals surface area (Å²) in [6.45, 7) is 0.442. The Morgan fingerprint density at radius 1 is 1.10 bits per heavy atom. The molecule has 0 bridgehead atoms. The molecule has 3 rings (SSSR count). The molecule has 0 saturated carbocycles. The lowest BCUT2D eigenvalue weighted by Crippen LogP contribution is -2.32. The Balaban J connectivity index is 1.76. The van der Waals surface area contributed by atoms with Crippen LogP contribution < -0.4 is 14.2 Å². The van der Waals surface area contributed by atoms with Crippen LogP contribution in [-0.2, 0) is 0 Å². The van der Waals surface area contributed by atoms with Crippen LogP contribution in [0.2, 0.25) is 0 Å². The molecule has 0 fully saturated rings. The molecule has 2 aromatic rings. The van der Waals surface area contributed by atoms with Crippen LogP contribution in [-0.4, -0.2) is 19.8 Å². The molecule has 0 aromatic heterocycles. The quantitative estimate of drug-likeness (QED) is 0.805. The molecule has 2 atom stereocenters. The normalized spacial score (nSPS) is 18.4. The Labute approximate surface area is 123 Å². The largest absolute Gasteiger partial charge is 0.497 e. The van der Waals surface area contributed by atoms with Crippen LogP contribution in [0.3, 0.4) is 0 Å². The average Bonchev–Trinajstić information content (AvgIpc) is 2.54. The van der Waals surface area contributed by atoms with Gasteiger partial charge in [0.25, 0.3) is 0 Å². The van der Waals surface area contributed by atoms with Gasteiger partial charge in [0.15, 0.2) is 17.6 Å². The van der Waals surface area contributed by atoms with E-state index < -0.39 is 0 Å². The smallest absolute Gasteiger partial charge is 0.161 e. The molecule has 20 heavy (non-hydrogen) atoms. The van der Waals surface area contributed by atoms with E-state index >= 15 is 0 Å². The lowest BCUT2D eigenvalue weighted by Gasteiger charge is -2.29. The third kappa shape index (κ3) is 2.54. The maximum atomic E-state index is 6.50. The first kappa shape index (κ1) is 13.1. The Hall–Kier alpha value is -1.87. The summed E-state index contributed by atoms with van der Waals surface area (Å²) in [5, 5.41) is -0.269. The Bertz CT molecular complexity index is 583. The molecule has 2 unspecified atom stereocenters. The molecule has 1 heterocycles. The van der Waals surface area contributed by atoms with Crippen LogP contribution in [0.4, 0.5) is 0 Å². The van der Waals surface area contributed by atoms with E-state index in [1.165, 1.54) is 0 Å². The number of hydrogen-bond donors (Lipinski definition) is 0. The Morgan fingerprint density at radius 3 is 2.50 bits per heavy atom. The number of benzene rings is 2. The summed E-state index contributed by atoms with van der Waals surface area (Å²) in [6.07, 6.45) is -0.208. The molecule has 3 nitrogen and oxygen atoms in total. The highest BCUT2D eigenvalue weighted by atomic mass is 35.5. The summed E-state index contributed by atoms with van der Waals surface area (Å²) < 4.78 is 16.7. The van der Waals surface area contributed by atoms with Gasteiger partial charge in [-0.25, -0.2) is 0 Å². The van der Waals surface area contributed by atoms with E-state index in [4.69, 9.17) is 25.8 Å². The Kier molecular flexibility index (Phi) is 3.70. The van der Waals surface area contributed by atoms with Crippen molar-refractivity contribution >= 4 is 11.6 Å². The highest BCUT2D eigenvalue weighted by molar-refractivity contribution is 6.21. The van der Waals surface area contributed by atoms with Crippen molar-refractivity contribution in [2.45, 2.75) is 11.5 Å². The molecular weight excluding hydrogens is 276 g/mol. The highest BCUT2D eigenvalue weighted by Crippen LogP contribution is 2.36. The van der Waals surface area contributed by atoms with Gasteiger partial charge in [-0.05, 0) is 29.8 Å². The lowest BCUT2D eigenvalue weighted by molar-refractivity contribution is 0.0877. The van der Waals surface area contributed by atoms with Crippen molar-refractivity contribution in [2.75, 3.05) is 13.7 Å². The molecule has 0 aliphatic carbocycles. The van der Waals surface area contributed by atoms with E-state index in [-0.39, 0.29) is 11.5 Å². The number of halogens is 1. The maximum Gasteiger partial charge on any atom is 0.161 e. The van der Waals surface area contributed by atoms with Gasteiger partial charge in [0.1, 0.15) is 12.4 Å². The van der Waals surface area contributed by atoms with Crippen molar-refractivity contribution in [3.8, 4) is 17.2 Å². The molecule has 0 saturated heterocycles. The van der Waals surface area contributed by atoms with Crippen LogP contribution in [0.5, 0.6) is 17.2 Å². The number of methoxy groups -OCH3 is 1. The van der Waals surface area contributed by atoms with Crippen molar-refractivity contribution < 1.29 is 14.2 Å². The van der Waals surface area contributed by atoms with E-state index in [0.717, 1.165) is 22.8 Å². The standard InChI is InChI=1S/C16H15ClO3/c1-18-12-8-6-11(7-9-12)16(17)15-10-19-13-4-2-3-5-14(13)20-15/h2-9,15-16H,10H2,1H3. The summed E-state index contributed by atoms with van der Waals surface area (Å²) in [6, 6.07) is 15.3. The third-order valence-electron chi connectivity index (χ3n) is 3.29. The van der Waals surface area contributed by atoms with Gasteiger partial charge < -0.3 is 14.2 Å². The van der Waals surface area contributed by atoms with E-state index in [1.807, 2.05) is 48.5 Å². The topological polar surface area (TPSA) is 27.7 Å². The van der Waals surface area contributed by atoms with E-state index in [0.29, 0.717) is 6.61 Å². The van der Waals surface area contributed by atoms with Gasteiger partial charge in [-0.2, -0.15) is 0 Å². The first-order valence-electron chi connectivity index (χ1n) is 6.44. The highest BCUT2D eigenvalue weighted by Gasteiger charge is 2.28. The van der Waals surface area contributed by atoms with Gasteiger partial charge in [0.2, 0.25) is 0 Å². The molecule has 0 radical (unpaired) electrons. The Morgan fingerprint density at radius 2 is 1.80 bits per heavy atom. The van der Waals surface area contributed by atoms with Crippen molar-refractivity contribution in [3.05, 3.63) is 54.1 Å². The van der Waals surface area contributed by atoms with Crippen molar-refractivity contribution in [1.82, 2.24) is 0 Å². The van der Waals surface area contributed by atoms with Gasteiger partial charge in [-0.15, -0.1) is 11.6 Å². The zero-order valence-electron chi connectivity index (χ0n) is 11.1. The molecule has 0 amide bonds. The van der Waals surface area contributed by atoms with Crippen LogP contribution >= 0.6 is 11.6 Å². The first-order chi connectivity index (χ1) is 9.78. The van der Waals surface area contributed by atoms with Gasteiger partial charge in [-0.3, -0.25) is 0 Å². The van der Waals surface area contributed by atoms with Crippen LogP contribution in [0, 0.1) is 0 Å². The summed E-state index contributed by atoms with van der Waals surface area (Å²) in [4.78, 5) is 0. The number of ether oxygens (including phenoxy) is 3. The number of fused-ring (bicyclic) bond motifs is 1. The number of para-hydroxylation sites is 2. The molecule has 1 aliphatic rings. The average molecular weight is 291 g/mol. The van der Waals surface area contributed by atoms with Crippen molar-refractivity contribution in [2.24, 2.45) is 0 Å². The number of hydrogen-bond acceptors (Lipinski definition) is 3. The first-order valence-corrected chi connectivity index (χ1v) is 6.88. The van der Waals surface area contributed by atoms with E-state index in [2.05, 4.69) is 0 Å². The summed E-state index contributed by atoms with van der Waals surface area (Å²) in [7, 11) is 1.64. The fraction of sp³-hybridized carbons (Fsp3) is 0.250. The summed E-state index contributed by atoms with van der Waals surface area (Å²) in [5.41, 5.74) is 0.987. The second-order valence-electron chi connectivity index (χ2n) is 4.59. The van der Waals surface area contributed by atoms with Gasteiger partial charge >= 0.3 is 0 Å². The molecule has 0 N–H and O–H groups in total. The van der Waals surface area contributed by atoms with Crippen LogP contribution in [0.1, 0.15) is 10.9 Å². The van der Waals surface area contributed by atoms with Gasteiger partial charge in [-0.1, -0.05) is 24.3 Å². The van der Waals surface area contributed by atoms with Crippen LogP contribution in [0.25, 0.3) is 0 Å². The minimum absolute atomic E-state index is 0.208. The number of alkyl halides is 1. The monoisotopic (exact) mass is 290 g/mol. The predicted molar refractivity (Wildman–Crippen MR) is 77.9 cm³/mol. The summed E-state index contributed by atoms with van der Waals surface area (Å²) in [5.74, 6) is 2.31. The fourth-order valence-electron chi connectivity index (χ4n) is 2.18. The number of rotatable bonds is 3. The predicted octanol–water partition coefficient (Wildman–Crippen LogP) is 3.82. The molecule has 4 heteroatoms. The third-order valence-corrected chi connectivity index (χ3v) is 3.82. The zero-order valence-corrected chi connectivity index (χ0v) is 11.8. The second-order valence-corrected chi connectivity index (χ2v) is 5.06. The summed E-state index contributed by atoms with van der Waals surface area (Å²) >= 11 is 6.50. The molecule has 0 spiro atoms. The molecule has 1 aliphatic heterocycles. The van der Waals surface area contributed by atoms with E-state index in [1.54, 1.807) is 7.11 Å². The lowest BCUT2D eigenvalue weighted by atomic mass is 10.1. The van der Waals surface area contributed by atoms with E-state index in [9.17, 15) is 0 Å². The molecular formula is C16H15ClO3. The molecule has 2 aromatic carbocycles. The minimum atomic E-state index is -0.269. The zero-order chi connectivity index (χ0) is 13.9. The van der Waals surface area contributed by atoms with Gasteiger partial charge in [0.05, 0.1) is 12.5 Å². The van der Waals surface area contributed by atoms with Crippen LogP contribution in [0.15, 0.2) is 48.5 Å². The maximum absolute atomic E-state index is 6.50. The van der Waals surface area contributed by atoms with Gasteiger partial charge in [0, 0.05) is 0 Å². The van der Waals surface area contributed by atoms with Crippen molar-refractivity contribution in [1.29, 1.82) is 0 Å².